The number of benzene rings is 1. The third-order valence-corrected chi connectivity index (χ3v) is 6.15. The first-order valence-electron chi connectivity index (χ1n) is 11.1. The van der Waals surface area contributed by atoms with E-state index in [0.29, 0.717) is 5.56 Å². The maximum absolute atomic E-state index is 13.1. The molecule has 0 saturated heterocycles. The number of hydrogen-bond acceptors (Lipinski definition) is 8. The molecule has 0 aliphatic heterocycles. The average Bonchev–Trinajstić information content (AvgIpc) is 3.55. The minimum absolute atomic E-state index is 0.148. The van der Waals surface area contributed by atoms with E-state index >= 15 is 0 Å². The van der Waals surface area contributed by atoms with Crippen LogP contribution in [0, 0.1) is 11.8 Å². The predicted octanol–water partition coefficient (Wildman–Crippen LogP) is -2.57. The SMILES string of the molecule is CNC(=O)[C@@H]1C(c2ccc(OP(=O)(O)O)cc2)[C@H]1C(=O)N[C@@H](CCC(=O)O)C(=O)N[C@@H](CC(N)=O)C(N)=O. The van der Waals surface area contributed by atoms with Crippen molar-refractivity contribution in [1.82, 2.24) is 16.0 Å². The number of phosphoric acid groups is 1. The molecular formula is C21H28N5O11P. The molecule has 5 amide bonds. The molecule has 0 bridgehead atoms. The monoisotopic (exact) mass is 557 g/mol. The molecule has 1 fully saturated rings. The second-order valence-corrected chi connectivity index (χ2v) is 9.63. The number of primary amides is 2. The summed E-state index contributed by atoms with van der Waals surface area (Å²) in [6.07, 6.45) is -1.54. The molecule has 0 heterocycles. The molecule has 10 N–H and O–H groups in total. The molecule has 17 heteroatoms. The molecule has 1 unspecified atom stereocenters. The lowest BCUT2D eigenvalue weighted by atomic mass is 10.1. The van der Waals surface area contributed by atoms with Crippen molar-refractivity contribution in [3.63, 3.8) is 0 Å². The van der Waals surface area contributed by atoms with Gasteiger partial charge in [0.2, 0.25) is 29.5 Å². The van der Waals surface area contributed by atoms with Gasteiger partial charge in [-0.3, -0.25) is 38.6 Å². The van der Waals surface area contributed by atoms with Crippen molar-refractivity contribution in [3.05, 3.63) is 29.8 Å². The molecule has 1 saturated carbocycles. The van der Waals surface area contributed by atoms with Crippen molar-refractivity contribution < 1.29 is 52.7 Å². The number of hydrogen-bond donors (Lipinski definition) is 8. The normalized spacial score (nSPS) is 19.8. The number of nitrogens with one attached hydrogen (secondary N) is 3. The Balaban J connectivity index is 2.23. The Morgan fingerprint density at radius 2 is 1.55 bits per heavy atom. The smallest absolute Gasteiger partial charge is 0.481 e. The van der Waals surface area contributed by atoms with Crippen molar-refractivity contribution in [1.29, 1.82) is 0 Å². The Morgan fingerprint density at radius 1 is 0.974 bits per heavy atom. The van der Waals surface area contributed by atoms with E-state index in [1.54, 1.807) is 0 Å². The van der Waals surface area contributed by atoms with Gasteiger partial charge >= 0.3 is 13.8 Å². The topological polar surface area (TPSA) is 278 Å². The van der Waals surface area contributed by atoms with Gasteiger partial charge in [0, 0.05) is 19.4 Å². The van der Waals surface area contributed by atoms with Crippen molar-refractivity contribution in [2.75, 3.05) is 7.05 Å². The Labute approximate surface area is 215 Å². The van der Waals surface area contributed by atoms with Crippen LogP contribution in [-0.4, -0.2) is 69.5 Å². The Bertz CT molecular complexity index is 1150. The number of phosphoric ester groups is 1. The molecule has 1 aliphatic rings. The van der Waals surface area contributed by atoms with Crippen LogP contribution in [0.1, 0.15) is 30.7 Å². The van der Waals surface area contributed by atoms with E-state index in [4.69, 9.17) is 26.4 Å². The number of carboxylic acid groups (broad SMARTS) is 1. The van der Waals surface area contributed by atoms with Crippen molar-refractivity contribution in [2.24, 2.45) is 23.3 Å². The van der Waals surface area contributed by atoms with Gasteiger partial charge in [-0.15, -0.1) is 0 Å². The van der Waals surface area contributed by atoms with Gasteiger partial charge < -0.3 is 37.0 Å². The van der Waals surface area contributed by atoms with Crippen LogP contribution in [0.2, 0.25) is 0 Å². The number of carboxylic acids is 1. The lowest BCUT2D eigenvalue weighted by Gasteiger charge is -2.21. The van der Waals surface area contributed by atoms with Gasteiger partial charge in [-0.1, -0.05) is 12.1 Å². The molecule has 0 aromatic heterocycles. The average molecular weight is 557 g/mol. The zero-order valence-electron chi connectivity index (χ0n) is 20.0. The summed E-state index contributed by atoms with van der Waals surface area (Å²) < 4.78 is 15.5. The summed E-state index contributed by atoms with van der Waals surface area (Å²) in [5, 5.41) is 16.0. The molecular weight excluding hydrogens is 529 g/mol. The van der Waals surface area contributed by atoms with Crippen LogP contribution < -0.4 is 31.9 Å². The molecule has 0 spiro atoms. The lowest BCUT2D eigenvalue weighted by Crippen LogP contribution is -2.54. The highest BCUT2D eigenvalue weighted by Crippen LogP contribution is 2.54. The predicted molar refractivity (Wildman–Crippen MR) is 127 cm³/mol. The fourth-order valence-corrected chi connectivity index (χ4v) is 4.33. The van der Waals surface area contributed by atoms with Crippen LogP contribution >= 0.6 is 7.82 Å². The van der Waals surface area contributed by atoms with Crippen molar-refractivity contribution >= 4 is 43.3 Å². The Kier molecular flexibility index (Phi) is 9.93. The van der Waals surface area contributed by atoms with Gasteiger partial charge in [-0.25, -0.2) is 4.57 Å². The zero-order valence-corrected chi connectivity index (χ0v) is 20.9. The maximum atomic E-state index is 13.1. The molecule has 1 aliphatic carbocycles. The van der Waals surface area contributed by atoms with Crippen LogP contribution in [0.5, 0.6) is 5.75 Å². The van der Waals surface area contributed by atoms with E-state index in [-0.39, 0.29) is 12.2 Å². The minimum Gasteiger partial charge on any atom is -0.481 e. The van der Waals surface area contributed by atoms with Gasteiger partial charge in [0.1, 0.15) is 17.8 Å². The third kappa shape index (κ3) is 8.54. The van der Waals surface area contributed by atoms with Gasteiger partial charge in [-0.2, -0.15) is 0 Å². The summed E-state index contributed by atoms with van der Waals surface area (Å²) in [6, 6.07) is 2.36. The molecule has 208 valence electrons. The second kappa shape index (κ2) is 12.5. The third-order valence-electron chi connectivity index (χ3n) is 5.71. The standard InChI is InChI=1S/C21H28N5O11P/c1-24-20(32)16-15(9-2-4-10(5-3-9)37-38(34,35)36)17(16)21(33)25-11(6-7-14(28)29)19(31)26-12(18(23)30)8-13(22)27/h2-5,11-12,15-17H,6-8H2,1H3,(H2,22,27)(H2,23,30)(H,24,32)(H,25,33)(H,26,31)(H,28,29)(H2,34,35,36)/t11-,12-,15?,16+,17+/m0/s1. The number of rotatable bonds is 14. The highest BCUT2D eigenvalue weighted by atomic mass is 31.2. The molecule has 38 heavy (non-hydrogen) atoms. The maximum Gasteiger partial charge on any atom is 0.524 e. The highest BCUT2D eigenvalue weighted by Gasteiger charge is 2.59. The lowest BCUT2D eigenvalue weighted by molar-refractivity contribution is -0.138. The molecule has 1 aromatic carbocycles. The summed E-state index contributed by atoms with van der Waals surface area (Å²) in [4.78, 5) is 90.0. The van der Waals surface area contributed by atoms with Crippen LogP contribution in [0.3, 0.4) is 0 Å². The number of amides is 5. The second-order valence-electron chi connectivity index (χ2n) is 8.47. The van der Waals surface area contributed by atoms with Gasteiger partial charge in [0.05, 0.1) is 18.3 Å². The number of aliphatic carboxylic acids is 1. The minimum atomic E-state index is -4.80. The first-order chi connectivity index (χ1) is 17.6. The van der Waals surface area contributed by atoms with E-state index in [2.05, 4.69) is 20.5 Å². The highest BCUT2D eigenvalue weighted by molar-refractivity contribution is 7.46. The summed E-state index contributed by atoms with van der Waals surface area (Å²) >= 11 is 0. The largest absolute Gasteiger partial charge is 0.524 e. The zero-order chi connectivity index (χ0) is 28.8. The summed E-state index contributed by atoms with van der Waals surface area (Å²) in [7, 11) is -3.44. The van der Waals surface area contributed by atoms with Gasteiger partial charge in [0.15, 0.2) is 0 Å². The fraction of sp³-hybridized carbons (Fsp3) is 0.429. The van der Waals surface area contributed by atoms with Crippen LogP contribution in [-0.2, 0) is 33.3 Å². The van der Waals surface area contributed by atoms with E-state index in [9.17, 15) is 33.3 Å². The number of nitrogens with two attached hydrogens (primary N) is 2. The molecule has 0 radical (unpaired) electrons. The van der Waals surface area contributed by atoms with Crippen LogP contribution in [0.4, 0.5) is 0 Å². The molecule has 16 nitrogen and oxygen atoms in total. The first kappa shape index (κ1) is 30.2. The quantitative estimate of drug-likeness (QED) is 0.110. The number of carbonyl (C=O) groups excluding carboxylic acids is 5. The van der Waals surface area contributed by atoms with E-state index < -0.39 is 86.0 Å². The Hall–Kier alpha value is -4.01. The first-order valence-corrected chi connectivity index (χ1v) is 12.6. The van der Waals surface area contributed by atoms with Crippen molar-refractivity contribution in [2.45, 2.75) is 37.3 Å². The van der Waals surface area contributed by atoms with E-state index in [0.717, 1.165) is 0 Å². The summed E-state index contributed by atoms with van der Waals surface area (Å²) in [5.41, 5.74) is 10.7. The van der Waals surface area contributed by atoms with E-state index in [1.165, 1.54) is 31.3 Å². The van der Waals surface area contributed by atoms with E-state index in [1.807, 2.05) is 0 Å². The molecule has 1 aromatic rings. The van der Waals surface area contributed by atoms with Crippen LogP contribution in [0.15, 0.2) is 24.3 Å². The molecule has 5 atom stereocenters. The fourth-order valence-electron chi connectivity index (χ4n) is 3.93. The summed E-state index contributed by atoms with van der Waals surface area (Å²) in [5.74, 6) is -8.22. The van der Waals surface area contributed by atoms with Gasteiger partial charge in [-0.05, 0) is 24.1 Å². The van der Waals surface area contributed by atoms with Crippen molar-refractivity contribution in [3.8, 4) is 5.75 Å². The molecule has 2 rings (SSSR count). The number of carbonyl (C=O) groups is 6. The summed E-state index contributed by atoms with van der Waals surface area (Å²) in [6.45, 7) is 0. The van der Waals surface area contributed by atoms with Crippen LogP contribution in [0.25, 0.3) is 0 Å². The van der Waals surface area contributed by atoms with Gasteiger partial charge in [0.25, 0.3) is 0 Å². The Morgan fingerprint density at radius 3 is 2.03 bits per heavy atom.